The van der Waals surface area contributed by atoms with Gasteiger partial charge in [0.25, 0.3) is 10.0 Å². The molecule has 11 heteroatoms. The van der Waals surface area contributed by atoms with Crippen LogP contribution < -0.4 is 14.4 Å². The number of hydrogen-bond donors (Lipinski definition) is 1. The number of ether oxygens (including phenoxy) is 1. The summed E-state index contributed by atoms with van der Waals surface area (Å²) in [6, 6.07) is 17.9. The quantitative estimate of drug-likeness (QED) is 0.264. The summed E-state index contributed by atoms with van der Waals surface area (Å²) in [6.07, 6.45) is 0.745. The molecule has 0 radical (unpaired) electrons. The summed E-state index contributed by atoms with van der Waals surface area (Å²) in [5.74, 6) is -0.353. The third-order valence-corrected chi connectivity index (χ3v) is 9.15. The number of methoxy groups -OCH3 is 1. The van der Waals surface area contributed by atoms with Crippen molar-refractivity contribution in [1.82, 2.24) is 10.2 Å². The second-order valence-electron chi connectivity index (χ2n) is 9.26. The summed E-state index contributed by atoms with van der Waals surface area (Å²) >= 11 is 6.81. The molecular formula is C29H33Br2N3O5S. The third kappa shape index (κ3) is 7.86. The van der Waals surface area contributed by atoms with Gasteiger partial charge in [0, 0.05) is 17.6 Å². The van der Waals surface area contributed by atoms with Gasteiger partial charge in [-0.1, -0.05) is 52.7 Å². The minimum Gasteiger partial charge on any atom is -0.496 e. The van der Waals surface area contributed by atoms with Gasteiger partial charge in [-0.05, 0) is 84.2 Å². The molecule has 8 nitrogen and oxygen atoms in total. The molecular weight excluding hydrogens is 662 g/mol. The van der Waals surface area contributed by atoms with Gasteiger partial charge in [-0.2, -0.15) is 0 Å². The Bertz CT molecular complexity index is 1450. The van der Waals surface area contributed by atoms with Crippen molar-refractivity contribution in [2.45, 2.75) is 44.7 Å². The standard InChI is InChI=1S/C29H33Br2N3O5S/c1-5-15-32-29(36)21(3)33(18-22-7-6-8-23(30)16-22)28(35)19-34(24-11-9-20(2)10-12-24)40(37,38)25-13-14-27(39-4)26(31)17-25/h6-14,16-17,21H,5,15,18-19H2,1-4H3,(H,32,36)/t21-/m1/s1. The van der Waals surface area contributed by atoms with Crippen LogP contribution in [0.2, 0.25) is 0 Å². The maximum absolute atomic E-state index is 14.0. The maximum atomic E-state index is 14.0. The second kappa shape index (κ2) is 14.1. The smallest absolute Gasteiger partial charge is 0.264 e. The molecule has 214 valence electrons. The van der Waals surface area contributed by atoms with Crippen LogP contribution in [-0.2, 0) is 26.2 Å². The zero-order valence-corrected chi connectivity index (χ0v) is 26.8. The van der Waals surface area contributed by atoms with Crippen LogP contribution in [0.15, 0.2) is 80.6 Å². The molecule has 0 aliphatic rings. The van der Waals surface area contributed by atoms with Gasteiger partial charge in [-0.15, -0.1) is 0 Å². The van der Waals surface area contributed by atoms with Crippen LogP contribution in [0, 0.1) is 6.92 Å². The highest BCUT2D eigenvalue weighted by atomic mass is 79.9. The van der Waals surface area contributed by atoms with E-state index in [-0.39, 0.29) is 17.3 Å². The lowest BCUT2D eigenvalue weighted by Gasteiger charge is -2.32. The molecule has 3 rings (SSSR count). The van der Waals surface area contributed by atoms with Gasteiger partial charge in [-0.3, -0.25) is 13.9 Å². The molecule has 1 atom stereocenters. The lowest BCUT2D eigenvalue weighted by molar-refractivity contribution is -0.139. The molecule has 0 bridgehead atoms. The zero-order chi connectivity index (χ0) is 29.4. The van der Waals surface area contributed by atoms with E-state index in [1.807, 2.05) is 38.1 Å². The van der Waals surface area contributed by atoms with Crippen molar-refractivity contribution in [3.05, 3.63) is 86.8 Å². The van der Waals surface area contributed by atoms with E-state index in [0.29, 0.717) is 22.5 Å². The van der Waals surface area contributed by atoms with E-state index in [2.05, 4.69) is 37.2 Å². The summed E-state index contributed by atoms with van der Waals surface area (Å²) in [5, 5.41) is 2.84. The van der Waals surface area contributed by atoms with Crippen LogP contribution in [0.25, 0.3) is 0 Å². The van der Waals surface area contributed by atoms with Crippen molar-refractivity contribution in [1.29, 1.82) is 0 Å². The number of hydrogen-bond acceptors (Lipinski definition) is 5. The summed E-state index contributed by atoms with van der Waals surface area (Å²) in [4.78, 5) is 28.3. The van der Waals surface area contributed by atoms with Crippen molar-refractivity contribution in [3.8, 4) is 5.75 Å². The molecule has 3 aromatic rings. The van der Waals surface area contributed by atoms with Crippen LogP contribution >= 0.6 is 31.9 Å². The Morgan fingerprint density at radius 2 is 1.73 bits per heavy atom. The number of aryl methyl sites for hydroxylation is 1. The molecule has 0 saturated carbocycles. The maximum Gasteiger partial charge on any atom is 0.264 e. The van der Waals surface area contributed by atoms with E-state index in [4.69, 9.17) is 4.74 Å². The molecule has 0 fully saturated rings. The number of nitrogens with one attached hydrogen (secondary N) is 1. The van der Waals surface area contributed by atoms with E-state index in [1.165, 1.54) is 24.1 Å². The monoisotopic (exact) mass is 693 g/mol. The molecule has 0 unspecified atom stereocenters. The summed E-state index contributed by atoms with van der Waals surface area (Å²) in [6.45, 7) is 5.57. The highest BCUT2D eigenvalue weighted by Crippen LogP contribution is 2.31. The summed E-state index contributed by atoms with van der Waals surface area (Å²) in [7, 11) is -2.70. The molecule has 0 heterocycles. The van der Waals surface area contributed by atoms with Gasteiger partial charge in [-0.25, -0.2) is 8.42 Å². The number of anilines is 1. The molecule has 0 aliphatic heterocycles. The minimum absolute atomic E-state index is 0.0131. The fraction of sp³-hybridized carbons (Fsp3) is 0.310. The van der Waals surface area contributed by atoms with Crippen LogP contribution in [0.1, 0.15) is 31.4 Å². The molecule has 2 amide bonds. The molecule has 0 aliphatic carbocycles. The Labute approximate surface area is 253 Å². The Hall–Kier alpha value is -2.89. The second-order valence-corrected chi connectivity index (χ2v) is 12.9. The van der Waals surface area contributed by atoms with Crippen molar-refractivity contribution in [2.75, 3.05) is 24.5 Å². The Morgan fingerprint density at radius 1 is 1.02 bits per heavy atom. The van der Waals surface area contributed by atoms with Crippen LogP contribution in [0.3, 0.4) is 0 Å². The van der Waals surface area contributed by atoms with Gasteiger partial charge in [0.05, 0.1) is 22.2 Å². The Balaban J connectivity index is 2.04. The van der Waals surface area contributed by atoms with Crippen LogP contribution in [-0.4, -0.2) is 51.4 Å². The largest absolute Gasteiger partial charge is 0.496 e. The Kier molecular flexibility index (Phi) is 11.2. The predicted octanol–water partition coefficient (Wildman–Crippen LogP) is 5.67. The van der Waals surface area contributed by atoms with E-state index >= 15 is 0 Å². The van der Waals surface area contributed by atoms with Crippen molar-refractivity contribution in [3.63, 3.8) is 0 Å². The average Bonchev–Trinajstić information content (AvgIpc) is 2.93. The average molecular weight is 695 g/mol. The fourth-order valence-corrected chi connectivity index (χ4v) is 6.56. The van der Waals surface area contributed by atoms with Crippen LogP contribution in [0.5, 0.6) is 5.75 Å². The first-order chi connectivity index (χ1) is 19.0. The fourth-order valence-electron chi connectivity index (χ4n) is 3.99. The van der Waals surface area contributed by atoms with Gasteiger partial charge >= 0.3 is 0 Å². The zero-order valence-electron chi connectivity index (χ0n) is 22.9. The van der Waals surface area contributed by atoms with E-state index in [0.717, 1.165) is 26.3 Å². The van der Waals surface area contributed by atoms with E-state index < -0.39 is 28.5 Å². The minimum atomic E-state index is -4.19. The van der Waals surface area contributed by atoms with Gasteiger partial charge in [0.2, 0.25) is 11.8 Å². The number of rotatable bonds is 12. The van der Waals surface area contributed by atoms with Crippen molar-refractivity contribution < 1.29 is 22.7 Å². The first kappa shape index (κ1) is 31.6. The molecule has 40 heavy (non-hydrogen) atoms. The van der Waals surface area contributed by atoms with Gasteiger partial charge in [0.15, 0.2) is 0 Å². The first-order valence-electron chi connectivity index (χ1n) is 12.7. The van der Waals surface area contributed by atoms with E-state index in [1.54, 1.807) is 37.3 Å². The lowest BCUT2D eigenvalue weighted by Crippen LogP contribution is -2.51. The number of amides is 2. The van der Waals surface area contributed by atoms with E-state index in [9.17, 15) is 18.0 Å². The lowest BCUT2D eigenvalue weighted by atomic mass is 10.1. The number of carbonyl (C=O) groups is 2. The molecule has 3 aromatic carbocycles. The number of nitrogens with zero attached hydrogens (tertiary/aromatic N) is 2. The summed E-state index contributed by atoms with van der Waals surface area (Å²) in [5.41, 5.74) is 2.06. The summed E-state index contributed by atoms with van der Waals surface area (Å²) < 4.78 is 35.6. The normalized spacial score (nSPS) is 11.9. The molecule has 1 N–H and O–H groups in total. The van der Waals surface area contributed by atoms with Crippen molar-refractivity contribution in [2.24, 2.45) is 0 Å². The number of carbonyl (C=O) groups excluding carboxylic acids is 2. The molecule has 0 aromatic heterocycles. The third-order valence-electron chi connectivity index (χ3n) is 6.27. The highest BCUT2D eigenvalue weighted by molar-refractivity contribution is 9.10. The van der Waals surface area contributed by atoms with Gasteiger partial charge < -0.3 is 15.0 Å². The number of benzene rings is 3. The van der Waals surface area contributed by atoms with Crippen LogP contribution in [0.4, 0.5) is 5.69 Å². The van der Waals surface area contributed by atoms with Crippen molar-refractivity contribution >= 4 is 59.4 Å². The topological polar surface area (TPSA) is 96.0 Å². The first-order valence-corrected chi connectivity index (χ1v) is 15.7. The Morgan fingerprint density at radius 3 is 2.33 bits per heavy atom. The highest BCUT2D eigenvalue weighted by Gasteiger charge is 2.32. The molecule has 0 spiro atoms. The predicted molar refractivity (Wildman–Crippen MR) is 164 cm³/mol. The SMILES string of the molecule is CCCNC(=O)[C@@H](C)N(Cc1cccc(Br)c1)C(=O)CN(c1ccc(C)cc1)S(=O)(=O)c1ccc(OC)c(Br)c1. The molecule has 0 saturated heterocycles. The number of halogens is 2. The number of sulfonamides is 1. The van der Waals surface area contributed by atoms with Gasteiger partial charge in [0.1, 0.15) is 18.3 Å².